The molecule has 0 fully saturated rings. The number of anilines is 1. The maximum Gasteiger partial charge on any atom is 0.274 e. The number of carbonyl (C=O) groups excluding carboxylic acids is 2. The quantitative estimate of drug-likeness (QED) is 0.439. The van der Waals surface area contributed by atoms with E-state index in [1.54, 1.807) is 56.4 Å². The molecule has 0 aliphatic heterocycles. The first-order chi connectivity index (χ1) is 16.0. The summed E-state index contributed by atoms with van der Waals surface area (Å²) >= 11 is 0. The van der Waals surface area contributed by atoms with Crippen LogP contribution in [-0.4, -0.2) is 26.9 Å². The summed E-state index contributed by atoms with van der Waals surface area (Å²) in [6.45, 7) is 5.60. The average molecular weight is 445 g/mol. The molecule has 3 aromatic heterocycles. The van der Waals surface area contributed by atoms with Gasteiger partial charge in [0.05, 0.1) is 12.2 Å². The maximum atomic E-state index is 12.6. The largest absolute Gasteiger partial charge is 0.441 e. The molecule has 0 radical (unpaired) electrons. The van der Waals surface area contributed by atoms with Crippen molar-refractivity contribution in [2.24, 2.45) is 0 Å². The fourth-order valence-electron chi connectivity index (χ4n) is 3.34. The topological polar surface area (TPSA) is 123 Å². The zero-order chi connectivity index (χ0) is 23.4. The van der Waals surface area contributed by atoms with Gasteiger partial charge in [-0.1, -0.05) is 24.2 Å². The third-order valence-electron chi connectivity index (χ3n) is 5.07. The van der Waals surface area contributed by atoms with Gasteiger partial charge in [-0.25, -0.2) is 4.98 Å². The Labute approximate surface area is 190 Å². The van der Waals surface area contributed by atoms with Crippen molar-refractivity contribution in [3.8, 4) is 11.5 Å². The first-order valence-electron chi connectivity index (χ1n) is 10.5. The summed E-state index contributed by atoms with van der Waals surface area (Å²) in [6.07, 6.45) is 2.16. The highest BCUT2D eigenvalue weighted by Gasteiger charge is 2.20. The fraction of sp³-hybridized carbons (Fsp3) is 0.208. The molecule has 0 unspecified atom stereocenters. The smallest absolute Gasteiger partial charge is 0.274 e. The lowest BCUT2D eigenvalue weighted by molar-refractivity contribution is 0.0947. The number of nitrogens with one attached hydrogen (secondary N) is 2. The summed E-state index contributed by atoms with van der Waals surface area (Å²) in [5.41, 5.74) is 3.28. The van der Waals surface area contributed by atoms with Crippen LogP contribution in [0.15, 0.2) is 57.6 Å². The van der Waals surface area contributed by atoms with Crippen molar-refractivity contribution >= 4 is 17.5 Å². The molecule has 168 valence electrons. The Morgan fingerprint density at radius 1 is 1.00 bits per heavy atom. The Hall–Kier alpha value is -4.27. The zero-order valence-electron chi connectivity index (χ0n) is 18.5. The summed E-state index contributed by atoms with van der Waals surface area (Å²) in [6, 6.07) is 12.3. The van der Waals surface area contributed by atoms with Gasteiger partial charge in [-0.2, -0.15) is 0 Å². The second kappa shape index (κ2) is 9.47. The van der Waals surface area contributed by atoms with Crippen molar-refractivity contribution in [2.45, 2.75) is 33.7 Å². The Morgan fingerprint density at radius 2 is 1.85 bits per heavy atom. The standard InChI is InChI=1S/C24H23N5O4/c1-4-18-21(15(3)33-29-18)23(31)26-13-20-14(2)32-24(28-20)16-8-7-9-17(12-16)27-22(30)19-10-5-6-11-25-19/h5-12H,4,13H2,1-3H3,(H,26,31)(H,27,30). The van der Waals surface area contributed by atoms with Crippen LogP contribution in [0.4, 0.5) is 5.69 Å². The number of aryl methyl sites for hydroxylation is 3. The van der Waals surface area contributed by atoms with Crippen LogP contribution in [0.5, 0.6) is 0 Å². The van der Waals surface area contributed by atoms with E-state index in [-0.39, 0.29) is 18.4 Å². The Morgan fingerprint density at radius 3 is 2.61 bits per heavy atom. The van der Waals surface area contributed by atoms with E-state index >= 15 is 0 Å². The molecule has 9 heteroatoms. The van der Waals surface area contributed by atoms with Gasteiger partial charge in [0.15, 0.2) is 0 Å². The van der Waals surface area contributed by atoms with Gasteiger partial charge in [0, 0.05) is 17.4 Å². The highest BCUT2D eigenvalue weighted by Crippen LogP contribution is 2.25. The molecule has 4 rings (SSSR count). The van der Waals surface area contributed by atoms with E-state index in [1.807, 2.05) is 13.0 Å². The van der Waals surface area contributed by atoms with Crippen molar-refractivity contribution in [1.82, 2.24) is 20.4 Å². The number of hydrogen-bond donors (Lipinski definition) is 2. The molecule has 0 saturated carbocycles. The number of aromatic nitrogens is 3. The third kappa shape index (κ3) is 4.82. The average Bonchev–Trinajstić information content (AvgIpc) is 3.40. The minimum Gasteiger partial charge on any atom is -0.441 e. The summed E-state index contributed by atoms with van der Waals surface area (Å²) in [5.74, 6) is 0.877. The molecule has 9 nitrogen and oxygen atoms in total. The van der Waals surface area contributed by atoms with Gasteiger partial charge in [0.1, 0.15) is 28.5 Å². The van der Waals surface area contributed by atoms with Gasteiger partial charge in [-0.05, 0) is 50.6 Å². The number of rotatable bonds is 7. The van der Waals surface area contributed by atoms with Gasteiger partial charge < -0.3 is 19.6 Å². The number of oxazole rings is 1. The molecule has 2 amide bonds. The number of pyridine rings is 1. The van der Waals surface area contributed by atoms with Gasteiger partial charge >= 0.3 is 0 Å². The number of carbonyl (C=O) groups is 2. The van der Waals surface area contributed by atoms with E-state index in [0.717, 1.165) is 0 Å². The molecule has 0 saturated heterocycles. The number of hydrogen-bond acceptors (Lipinski definition) is 7. The second-order valence-corrected chi connectivity index (χ2v) is 7.37. The van der Waals surface area contributed by atoms with Crippen LogP contribution < -0.4 is 10.6 Å². The molecule has 3 heterocycles. The summed E-state index contributed by atoms with van der Waals surface area (Å²) in [7, 11) is 0. The van der Waals surface area contributed by atoms with Crippen LogP contribution in [0.25, 0.3) is 11.5 Å². The molecule has 0 spiro atoms. The first kappa shape index (κ1) is 21.9. The normalized spacial score (nSPS) is 10.8. The number of amides is 2. The van der Waals surface area contributed by atoms with Crippen molar-refractivity contribution in [2.75, 3.05) is 5.32 Å². The van der Waals surface area contributed by atoms with Crippen LogP contribution in [0, 0.1) is 13.8 Å². The zero-order valence-corrected chi connectivity index (χ0v) is 18.5. The van der Waals surface area contributed by atoms with Crippen LogP contribution in [0.1, 0.15) is 50.7 Å². The lowest BCUT2D eigenvalue weighted by atomic mass is 10.1. The summed E-state index contributed by atoms with van der Waals surface area (Å²) < 4.78 is 11.0. The molecule has 0 bridgehead atoms. The summed E-state index contributed by atoms with van der Waals surface area (Å²) in [4.78, 5) is 33.6. The fourth-order valence-corrected chi connectivity index (χ4v) is 3.34. The Balaban J connectivity index is 1.47. The van der Waals surface area contributed by atoms with Crippen molar-refractivity contribution in [3.63, 3.8) is 0 Å². The lowest BCUT2D eigenvalue weighted by Crippen LogP contribution is -2.24. The lowest BCUT2D eigenvalue weighted by Gasteiger charge is -2.05. The van der Waals surface area contributed by atoms with E-state index < -0.39 is 0 Å². The minimum absolute atomic E-state index is 0.193. The predicted molar refractivity (Wildman–Crippen MR) is 121 cm³/mol. The number of benzene rings is 1. The van der Waals surface area contributed by atoms with E-state index in [0.29, 0.717) is 57.7 Å². The van der Waals surface area contributed by atoms with Gasteiger partial charge in [-0.3, -0.25) is 14.6 Å². The highest BCUT2D eigenvalue weighted by atomic mass is 16.5. The molecule has 33 heavy (non-hydrogen) atoms. The molecule has 0 atom stereocenters. The van der Waals surface area contributed by atoms with Crippen molar-refractivity contribution < 1.29 is 18.5 Å². The second-order valence-electron chi connectivity index (χ2n) is 7.37. The van der Waals surface area contributed by atoms with E-state index in [4.69, 9.17) is 8.94 Å². The van der Waals surface area contributed by atoms with Crippen molar-refractivity contribution in [1.29, 1.82) is 0 Å². The third-order valence-corrected chi connectivity index (χ3v) is 5.07. The first-order valence-corrected chi connectivity index (χ1v) is 10.5. The molecule has 0 aliphatic carbocycles. The van der Waals surface area contributed by atoms with Crippen LogP contribution in [-0.2, 0) is 13.0 Å². The van der Waals surface area contributed by atoms with E-state index in [1.165, 1.54) is 0 Å². The van der Waals surface area contributed by atoms with Gasteiger partial charge in [-0.15, -0.1) is 0 Å². The van der Waals surface area contributed by atoms with E-state index in [9.17, 15) is 9.59 Å². The van der Waals surface area contributed by atoms with Gasteiger partial charge in [0.2, 0.25) is 5.89 Å². The van der Waals surface area contributed by atoms with Crippen LogP contribution >= 0.6 is 0 Å². The molecule has 1 aromatic carbocycles. The SMILES string of the molecule is CCc1noc(C)c1C(=O)NCc1nc(-c2cccc(NC(=O)c3ccccn3)c2)oc1C. The van der Waals surface area contributed by atoms with Crippen molar-refractivity contribution in [3.05, 3.63) is 82.8 Å². The molecule has 4 aromatic rings. The van der Waals surface area contributed by atoms with E-state index in [2.05, 4.69) is 25.8 Å². The number of nitrogens with zero attached hydrogens (tertiary/aromatic N) is 3. The Bertz CT molecular complexity index is 1290. The highest BCUT2D eigenvalue weighted by molar-refractivity contribution is 6.03. The summed E-state index contributed by atoms with van der Waals surface area (Å²) in [5, 5.41) is 9.59. The molecule has 2 N–H and O–H groups in total. The monoisotopic (exact) mass is 445 g/mol. The molecular formula is C24H23N5O4. The molecular weight excluding hydrogens is 422 g/mol. The minimum atomic E-state index is -0.310. The maximum absolute atomic E-state index is 12.6. The van der Waals surface area contributed by atoms with Crippen LogP contribution in [0.2, 0.25) is 0 Å². The van der Waals surface area contributed by atoms with Gasteiger partial charge in [0.25, 0.3) is 11.8 Å². The predicted octanol–water partition coefficient (Wildman–Crippen LogP) is 4.09. The molecule has 0 aliphatic rings. The van der Waals surface area contributed by atoms with Crippen LogP contribution in [0.3, 0.4) is 0 Å². The Kier molecular flexibility index (Phi) is 6.30.